The van der Waals surface area contributed by atoms with Crippen molar-refractivity contribution in [1.29, 1.82) is 0 Å². The summed E-state index contributed by atoms with van der Waals surface area (Å²) in [6.07, 6.45) is 2.28. The molecule has 154 valence electrons. The van der Waals surface area contributed by atoms with Gasteiger partial charge in [0, 0.05) is 24.2 Å². The highest BCUT2D eigenvalue weighted by Gasteiger charge is 2.11. The molecule has 2 aromatic rings. The molecule has 2 aromatic carbocycles. The van der Waals surface area contributed by atoms with Crippen LogP contribution in [-0.4, -0.2) is 24.4 Å². The second-order valence-corrected chi connectivity index (χ2v) is 6.63. The lowest BCUT2D eigenvalue weighted by Crippen LogP contribution is -2.21. The molecule has 6 heteroatoms. The SMILES string of the molecule is CCc1ccccc1NC(=O)CCCC(=O)OCC(=O)Nc1ccccc1CC. The van der Waals surface area contributed by atoms with Gasteiger partial charge in [-0.2, -0.15) is 0 Å². The van der Waals surface area contributed by atoms with Crippen molar-refractivity contribution in [2.75, 3.05) is 17.2 Å². The van der Waals surface area contributed by atoms with Crippen LogP contribution in [0.25, 0.3) is 0 Å². The Morgan fingerprint density at radius 2 is 1.28 bits per heavy atom. The molecule has 0 aliphatic heterocycles. The standard InChI is InChI=1S/C23H28N2O4/c1-3-17-10-5-7-12-19(17)24-21(26)14-9-15-23(28)29-16-22(27)25-20-13-8-6-11-18(20)4-2/h5-8,10-13H,3-4,9,14-16H2,1-2H3,(H,24,26)(H,25,27). The van der Waals surface area contributed by atoms with Crippen molar-refractivity contribution in [1.82, 2.24) is 0 Å². The highest BCUT2D eigenvalue weighted by atomic mass is 16.5. The topological polar surface area (TPSA) is 84.5 Å². The van der Waals surface area contributed by atoms with Gasteiger partial charge in [0.25, 0.3) is 5.91 Å². The number of esters is 1. The lowest BCUT2D eigenvalue weighted by Gasteiger charge is -2.10. The van der Waals surface area contributed by atoms with Gasteiger partial charge in [-0.25, -0.2) is 0 Å². The van der Waals surface area contributed by atoms with E-state index in [2.05, 4.69) is 10.6 Å². The van der Waals surface area contributed by atoms with E-state index >= 15 is 0 Å². The van der Waals surface area contributed by atoms with Gasteiger partial charge in [-0.05, 0) is 42.5 Å². The first-order valence-corrected chi connectivity index (χ1v) is 9.94. The van der Waals surface area contributed by atoms with E-state index in [1.165, 1.54) is 0 Å². The van der Waals surface area contributed by atoms with Crippen molar-refractivity contribution in [2.24, 2.45) is 0 Å². The number of hydrogen-bond donors (Lipinski definition) is 2. The van der Waals surface area contributed by atoms with E-state index in [1.54, 1.807) is 0 Å². The van der Waals surface area contributed by atoms with Crippen LogP contribution in [0.4, 0.5) is 11.4 Å². The number of amides is 2. The number of para-hydroxylation sites is 2. The Kier molecular flexibility index (Phi) is 8.89. The number of carbonyl (C=O) groups excluding carboxylic acids is 3. The van der Waals surface area contributed by atoms with E-state index in [0.717, 1.165) is 35.3 Å². The molecule has 0 fully saturated rings. The lowest BCUT2D eigenvalue weighted by atomic mass is 10.1. The van der Waals surface area contributed by atoms with Crippen molar-refractivity contribution in [2.45, 2.75) is 46.0 Å². The zero-order valence-electron chi connectivity index (χ0n) is 17.0. The minimum atomic E-state index is -0.495. The highest BCUT2D eigenvalue weighted by Crippen LogP contribution is 2.16. The maximum absolute atomic E-state index is 12.1. The zero-order chi connectivity index (χ0) is 21.1. The third kappa shape index (κ3) is 7.41. The van der Waals surface area contributed by atoms with E-state index in [-0.39, 0.29) is 31.3 Å². The average molecular weight is 396 g/mol. The van der Waals surface area contributed by atoms with E-state index in [9.17, 15) is 14.4 Å². The number of aryl methyl sites for hydroxylation is 2. The molecule has 0 radical (unpaired) electrons. The summed E-state index contributed by atoms with van der Waals surface area (Å²) in [5.41, 5.74) is 3.60. The predicted octanol–water partition coefficient (Wildman–Crippen LogP) is 4.10. The molecule has 6 nitrogen and oxygen atoms in total. The molecule has 29 heavy (non-hydrogen) atoms. The summed E-state index contributed by atoms with van der Waals surface area (Å²) >= 11 is 0. The van der Waals surface area contributed by atoms with Crippen LogP contribution in [0.1, 0.15) is 44.2 Å². The maximum Gasteiger partial charge on any atom is 0.306 e. The fourth-order valence-corrected chi connectivity index (χ4v) is 2.91. The zero-order valence-corrected chi connectivity index (χ0v) is 17.0. The van der Waals surface area contributed by atoms with E-state index in [0.29, 0.717) is 6.42 Å². The van der Waals surface area contributed by atoms with Crippen molar-refractivity contribution in [3.05, 3.63) is 59.7 Å². The van der Waals surface area contributed by atoms with Crippen LogP contribution in [0.3, 0.4) is 0 Å². The van der Waals surface area contributed by atoms with Crippen molar-refractivity contribution in [3.8, 4) is 0 Å². The van der Waals surface area contributed by atoms with E-state index in [1.807, 2.05) is 62.4 Å². The number of ether oxygens (including phenoxy) is 1. The van der Waals surface area contributed by atoms with Gasteiger partial charge in [-0.15, -0.1) is 0 Å². The lowest BCUT2D eigenvalue weighted by molar-refractivity contribution is -0.147. The Labute approximate surface area is 171 Å². The number of carbonyl (C=O) groups is 3. The molecular weight excluding hydrogens is 368 g/mol. The molecular formula is C23H28N2O4. The summed E-state index contributed by atoms with van der Waals surface area (Å²) < 4.78 is 5.00. The molecule has 2 N–H and O–H groups in total. The number of rotatable bonds is 10. The number of nitrogens with one attached hydrogen (secondary N) is 2. The summed E-state index contributed by atoms with van der Waals surface area (Å²) in [5.74, 6) is -1.02. The second kappa shape index (κ2) is 11.6. The fourth-order valence-electron chi connectivity index (χ4n) is 2.91. The molecule has 2 amide bonds. The summed E-state index contributed by atoms with van der Waals surface area (Å²) in [6, 6.07) is 15.1. The molecule has 0 spiro atoms. The van der Waals surface area contributed by atoms with Gasteiger partial charge >= 0.3 is 5.97 Å². The van der Waals surface area contributed by atoms with Crippen molar-refractivity contribution >= 4 is 29.2 Å². The Morgan fingerprint density at radius 1 is 0.759 bits per heavy atom. The largest absolute Gasteiger partial charge is 0.456 e. The van der Waals surface area contributed by atoms with Gasteiger partial charge in [-0.1, -0.05) is 50.2 Å². The molecule has 2 rings (SSSR count). The van der Waals surface area contributed by atoms with Gasteiger partial charge in [0.05, 0.1) is 0 Å². The Hall–Kier alpha value is -3.15. The molecule has 0 atom stereocenters. The van der Waals surface area contributed by atoms with Gasteiger partial charge < -0.3 is 15.4 Å². The highest BCUT2D eigenvalue weighted by molar-refractivity contribution is 5.93. The van der Waals surface area contributed by atoms with E-state index < -0.39 is 5.97 Å². The van der Waals surface area contributed by atoms with Crippen molar-refractivity contribution < 1.29 is 19.1 Å². The molecule has 0 saturated heterocycles. The van der Waals surface area contributed by atoms with Crippen LogP contribution in [-0.2, 0) is 32.0 Å². The summed E-state index contributed by atoms with van der Waals surface area (Å²) in [4.78, 5) is 35.9. The second-order valence-electron chi connectivity index (χ2n) is 6.63. The molecule has 0 aromatic heterocycles. The average Bonchev–Trinajstić information content (AvgIpc) is 2.73. The van der Waals surface area contributed by atoms with Crippen molar-refractivity contribution in [3.63, 3.8) is 0 Å². The molecule has 0 saturated carbocycles. The number of anilines is 2. The first-order chi connectivity index (χ1) is 14.0. The summed E-state index contributed by atoms with van der Waals surface area (Å²) in [5, 5.41) is 5.62. The van der Waals surface area contributed by atoms with Crippen LogP contribution in [0.15, 0.2) is 48.5 Å². The number of benzene rings is 2. The Bertz CT molecular complexity index is 848. The first kappa shape index (κ1) is 22.1. The number of hydrogen-bond acceptors (Lipinski definition) is 4. The van der Waals surface area contributed by atoms with Gasteiger partial charge in [-0.3, -0.25) is 14.4 Å². The minimum Gasteiger partial charge on any atom is -0.456 e. The third-order valence-electron chi connectivity index (χ3n) is 4.49. The molecule has 0 bridgehead atoms. The maximum atomic E-state index is 12.1. The van der Waals surface area contributed by atoms with Crippen LogP contribution >= 0.6 is 0 Å². The van der Waals surface area contributed by atoms with Crippen LogP contribution in [0, 0.1) is 0 Å². The fraction of sp³-hybridized carbons (Fsp3) is 0.348. The smallest absolute Gasteiger partial charge is 0.306 e. The Balaban J connectivity index is 1.68. The van der Waals surface area contributed by atoms with Crippen LogP contribution in [0.5, 0.6) is 0 Å². The van der Waals surface area contributed by atoms with Gasteiger partial charge in [0.1, 0.15) is 0 Å². The normalized spacial score (nSPS) is 10.3. The van der Waals surface area contributed by atoms with E-state index in [4.69, 9.17) is 4.74 Å². The quantitative estimate of drug-likeness (QED) is 0.592. The third-order valence-corrected chi connectivity index (χ3v) is 4.49. The predicted molar refractivity (Wildman–Crippen MR) is 114 cm³/mol. The van der Waals surface area contributed by atoms with Gasteiger partial charge in [0.15, 0.2) is 6.61 Å². The minimum absolute atomic E-state index is 0.0850. The molecule has 0 aliphatic rings. The van der Waals surface area contributed by atoms with Crippen LogP contribution < -0.4 is 10.6 Å². The monoisotopic (exact) mass is 396 g/mol. The van der Waals surface area contributed by atoms with Crippen LogP contribution in [0.2, 0.25) is 0 Å². The molecule has 0 aliphatic carbocycles. The summed E-state index contributed by atoms with van der Waals surface area (Å²) in [7, 11) is 0. The molecule has 0 heterocycles. The Morgan fingerprint density at radius 3 is 1.83 bits per heavy atom. The van der Waals surface area contributed by atoms with Gasteiger partial charge in [0.2, 0.25) is 5.91 Å². The first-order valence-electron chi connectivity index (χ1n) is 9.94. The molecule has 0 unspecified atom stereocenters. The summed E-state index contributed by atoms with van der Waals surface area (Å²) in [6.45, 7) is 3.69.